The molecule has 0 spiro atoms. The standard InChI is InChI=1S/C21H28F2N4O4/c1-3-5-7-13-18(28)19(29)15(11-25-26-12-27(4-2)21(13)31)20(30)24-10-14-16(22)8-6-9-17(14)23/h8,11,25-26,28H,3-7,9-10,12H2,1-2H3,(H,24,30)/b15-11+,18-13-. The van der Waals surface area contributed by atoms with Gasteiger partial charge in [-0.3, -0.25) is 14.4 Å². The van der Waals surface area contributed by atoms with Crippen LogP contribution in [0.4, 0.5) is 8.78 Å². The van der Waals surface area contributed by atoms with Gasteiger partial charge in [0.25, 0.3) is 11.8 Å². The molecule has 0 unspecified atom stereocenters. The molecule has 0 saturated carbocycles. The van der Waals surface area contributed by atoms with E-state index in [0.29, 0.717) is 13.0 Å². The lowest BCUT2D eigenvalue weighted by atomic mass is 10.00. The van der Waals surface area contributed by atoms with Crippen LogP contribution in [0.1, 0.15) is 46.0 Å². The number of carbonyl (C=O) groups excluding carboxylic acids is 3. The molecule has 2 amide bonds. The Morgan fingerprint density at radius 3 is 2.65 bits per heavy atom. The predicted octanol–water partition coefficient (Wildman–Crippen LogP) is 2.34. The number of rotatable bonds is 7. The van der Waals surface area contributed by atoms with E-state index in [1.165, 1.54) is 11.0 Å². The molecule has 2 aliphatic rings. The Bertz CT molecular complexity index is 861. The maximum Gasteiger partial charge on any atom is 0.257 e. The number of halogens is 2. The number of hydrazine groups is 1. The van der Waals surface area contributed by atoms with E-state index in [1.807, 2.05) is 6.92 Å². The average molecular weight is 438 g/mol. The summed E-state index contributed by atoms with van der Waals surface area (Å²) in [5.41, 5.74) is 4.39. The minimum absolute atomic E-state index is 0.0338. The Balaban J connectivity index is 2.30. The van der Waals surface area contributed by atoms with Gasteiger partial charge in [-0.15, -0.1) is 0 Å². The van der Waals surface area contributed by atoms with Gasteiger partial charge in [-0.2, -0.15) is 0 Å². The number of unbranched alkanes of at least 4 members (excludes halogenated alkanes) is 1. The number of hydrogen-bond donors (Lipinski definition) is 4. The zero-order valence-electron chi connectivity index (χ0n) is 17.7. The first kappa shape index (κ1) is 24.3. The molecule has 10 heteroatoms. The molecule has 170 valence electrons. The van der Waals surface area contributed by atoms with Gasteiger partial charge in [-0.1, -0.05) is 13.3 Å². The third-order valence-corrected chi connectivity index (χ3v) is 5.01. The van der Waals surface area contributed by atoms with E-state index < -0.39 is 47.1 Å². The van der Waals surface area contributed by atoms with E-state index >= 15 is 0 Å². The first-order valence-corrected chi connectivity index (χ1v) is 10.3. The van der Waals surface area contributed by atoms with Crippen LogP contribution < -0.4 is 16.2 Å². The molecule has 0 fully saturated rings. The van der Waals surface area contributed by atoms with Gasteiger partial charge in [0.05, 0.1) is 12.2 Å². The predicted molar refractivity (Wildman–Crippen MR) is 110 cm³/mol. The molecule has 4 N–H and O–H groups in total. The lowest BCUT2D eigenvalue weighted by Gasteiger charge is -2.24. The van der Waals surface area contributed by atoms with Gasteiger partial charge in [0, 0.05) is 31.3 Å². The Morgan fingerprint density at radius 2 is 2.00 bits per heavy atom. The number of aliphatic hydroxyl groups is 1. The van der Waals surface area contributed by atoms with Gasteiger partial charge >= 0.3 is 0 Å². The minimum Gasteiger partial charge on any atom is -0.504 e. The van der Waals surface area contributed by atoms with E-state index in [0.717, 1.165) is 12.6 Å². The summed E-state index contributed by atoms with van der Waals surface area (Å²) >= 11 is 0. The summed E-state index contributed by atoms with van der Waals surface area (Å²) in [5.74, 6) is -4.75. The van der Waals surface area contributed by atoms with Crippen molar-refractivity contribution in [1.82, 2.24) is 21.1 Å². The summed E-state index contributed by atoms with van der Waals surface area (Å²) in [6.07, 6.45) is 4.00. The molecule has 0 bridgehead atoms. The number of nitrogens with zero attached hydrogens (tertiary/aromatic N) is 1. The number of likely N-dealkylation sites (N-methyl/N-ethyl adjacent to an activating group) is 1. The zero-order valence-corrected chi connectivity index (χ0v) is 17.7. The summed E-state index contributed by atoms with van der Waals surface area (Å²) in [6, 6.07) is 0. The second-order valence-electron chi connectivity index (χ2n) is 7.12. The van der Waals surface area contributed by atoms with Crippen molar-refractivity contribution < 1.29 is 28.3 Å². The summed E-state index contributed by atoms with van der Waals surface area (Å²) in [4.78, 5) is 39.7. The van der Waals surface area contributed by atoms with Gasteiger partial charge in [-0.05, 0) is 32.3 Å². The number of amides is 2. The van der Waals surface area contributed by atoms with Crippen molar-refractivity contribution in [3.63, 3.8) is 0 Å². The molecule has 0 aromatic rings. The number of Topliss-reactive ketones (excluding diaryl/α,β-unsaturated/α-hetero) is 1. The second-order valence-corrected chi connectivity index (χ2v) is 7.12. The topological polar surface area (TPSA) is 111 Å². The summed E-state index contributed by atoms with van der Waals surface area (Å²) in [7, 11) is 0. The maximum absolute atomic E-state index is 13.9. The van der Waals surface area contributed by atoms with Crippen LogP contribution in [-0.2, 0) is 14.4 Å². The lowest BCUT2D eigenvalue weighted by Crippen LogP contribution is -2.45. The quantitative estimate of drug-likeness (QED) is 0.454. The van der Waals surface area contributed by atoms with Crippen LogP contribution in [0.2, 0.25) is 0 Å². The fraction of sp³-hybridized carbons (Fsp3) is 0.476. The second kappa shape index (κ2) is 11.4. The molecule has 0 atom stereocenters. The van der Waals surface area contributed by atoms with Crippen LogP contribution in [0, 0.1) is 0 Å². The van der Waals surface area contributed by atoms with Crippen LogP contribution in [0.5, 0.6) is 0 Å². The van der Waals surface area contributed by atoms with Crippen molar-refractivity contribution in [2.24, 2.45) is 0 Å². The van der Waals surface area contributed by atoms with Crippen LogP contribution in [-0.4, -0.2) is 47.4 Å². The Labute approximate surface area is 179 Å². The van der Waals surface area contributed by atoms with E-state index in [9.17, 15) is 28.3 Å². The SMILES string of the molecule is CCCC/C1=C(/O)C(=O)/C(C(=O)NCC2=C(F)CCC=C2F)=C\NNCN(CC)C1=O. The third-order valence-electron chi connectivity index (χ3n) is 5.01. The minimum atomic E-state index is -1.06. The van der Waals surface area contributed by atoms with E-state index in [2.05, 4.69) is 16.2 Å². The highest BCUT2D eigenvalue weighted by atomic mass is 19.1. The van der Waals surface area contributed by atoms with Crippen LogP contribution in [0.15, 0.2) is 46.4 Å². The Morgan fingerprint density at radius 1 is 1.26 bits per heavy atom. The molecule has 31 heavy (non-hydrogen) atoms. The largest absolute Gasteiger partial charge is 0.504 e. The van der Waals surface area contributed by atoms with E-state index in [1.54, 1.807) is 6.92 Å². The highest BCUT2D eigenvalue weighted by molar-refractivity contribution is 6.26. The van der Waals surface area contributed by atoms with Crippen LogP contribution >= 0.6 is 0 Å². The van der Waals surface area contributed by atoms with Crippen molar-refractivity contribution in [1.29, 1.82) is 0 Å². The molecule has 0 saturated heterocycles. The van der Waals surface area contributed by atoms with Crippen molar-refractivity contribution in [3.8, 4) is 0 Å². The molecular weight excluding hydrogens is 410 g/mol. The molecule has 0 aromatic carbocycles. The lowest BCUT2D eigenvalue weighted by molar-refractivity contribution is -0.129. The molecule has 0 aromatic heterocycles. The first-order chi connectivity index (χ1) is 14.8. The zero-order chi connectivity index (χ0) is 23.0. The molecular formula is C21H28F2N4O4. The van der Waals surface area contributed by atoms with E-state index in [-0.39, 0.29) is 37.1 Å². The van der Waals surface area contributed by atoms with Crippen molar-refractivity contribution >= 4 is 17.6 Å². The maximum atomic E-state index is 13.9. The molecule has 1 aliphatic carbocycles. The molecule has 2 rings (SSSR count). The molecule has 8 nitrogen and oxygen atoms in total. The molecule has 1 aliphatic heterocycles. The molecule has 0 radical (unpaired) electrons. The number of carbonyl (C=O) groups is 3. The highest BCUT2D eigenvalue weighted by Gasteiger charge is 2.30. The van der Waals surface area contributed by atoms with Crippen LogP contribution in [0.3, 0.4) is 0 Å². The average Bonchev–Trinajstić information content (AvgIpc) is 2.74. The van der Waals surface area contributed by atoms with Gasteiger partial charge in [0.2, 0.25) is 5.78 Å². The van der Waals surface area contributed by atoms with Crippen molar-refractivity contribution in [3.05, 3.63) is 46.4 Å². The highest BCUT2D eigenvalue weighted by Crippen LogP contribution is 2.26. The summed E-state index contributed by atoms with van der Waals surface area (Å²) < 4.78 is 27.7. The Hall–Kier alpha value is -3.01. The van der Waals surface area contributed by atoms with Gasteiger partial charge in [0.15, 0.2) is 5.76 Å². The monoisotopic (exact) mass is 438 g/mol. The summed E-state index contributed by atoms with van der Waals surface area (Å²) in [5, 5.41) is 12.9. The van der Waals surface area contributed by atoms with Crippen molar-refractivity contribution in [2.45, 2.75) is 46.0 Å². The number of nitrogens with one attached hydrogen (secondary N) is 3. The normalized spacial score (nSPS) is 22.5. The third kappa shape index (κ3) is 6.00. The number of aliphatic hydroxyl groups excluding tert-OH is 1. The Kier molecular flexibility index (Phi) is 8.92. The van der Waals surface area contributed by atoms with Crippen LogP contribution in [0.25, 0.3) is 0 Å². The smallest absolute Gasteiger partial charge is 0.257 e. The number of ketones is 1. The number of hydrogen-bond acceptors (Lipinski definition) is 6. The first-order valence-electron chi connectivity index (χ1n) is 10.3. The summed E-state index contributed by atoms with van der Waals surface area (Å²) in [6.45, 7) is 3.59. The van der Waals surface area contributed by atoms with Gasteiger partial charge < -0.3 is 20.7 Å². The van der Waals surface area contributed by atoms with Crippen molar-refractivity contribution in [2.75, 3.05) is 19.8 Å². The fourth-order valence-electron chi connectivity index (χ4n) is 3.13. The van der Waals surface area contributed by atoms with E-state index in [4.69, 9.17) is 0 Å². The van der Waals surface area contributed by atoms with Gasteiger partial charge in [-0.25, -0.2) is 14.2 Å². The van der Waals surface area contributed by atoms with Gasteiger partial charge in [0.1, 0.15) is 17.2 Å². The molecule has 1 heterocycles. The fourth-order valence-corrected chi connectivity index (χ4v) is 3.13. The number of allylic oxidation sites excluding steroid dienone is 3.